The molecule has 0 bridgehead atoms. The van der Waals surface area contributed by atoms with Crippen molar-refractivity contribution in [3.8, 4) is 0 Å². The lowest BCUT2D eigenvalue weighted by atomic mass is 10.2. The molecule has 0 spiro atoms. The lowest BCUT2D eigenvalue weighted by Gasteiger charge is -2.27. The topological polar surface area (TPSA) is 93.3 Å². The normalized spacial score (nSPS) is 12.2. The number of hydrogen-bond donors (Lipinski definition) is 3. The SMILES string of the molecule is O=C(CF)N[C@H](NC(=S)Nc1ccc(C(=O)[O-])cc1)C(Cl)(Cl)Cl. The van der Waals surface area contributed by atoms with Crippen molar-refractivity contribution in [1.82, 2.24) is 10.6 Å². The number of rotatable bonds is 5. The van der Waals surface area contributed by atoms with E-state index in [2.05, 4.69) is 16.0 Å². The molecule has 11 heteroatoms. The first-order chi connectivity index (χ1) is 10.6. The second kappa shape index (κ2) is 8.49. The van der Waals surface area contributed by atoms with Crippen molar-refractivity contribution in [3.05, 3.63) is 29.8 Å². The van der Waals surface area contributed by atoms with Gasteiger partial charge in [-0.25, -0.2) is 4.39 Å². The highest BCUT2D eigenvalue weighted by molar-refractivity contribution is 7.80. The Balaban J connectivity index is 2.71. The van der Waals surface area contributed by atoms with Crippen molar-refractivity contribution in [2.75, 3.05) is 12.0 Å². The van der Waals surface area contributed by atoms with Crippen molar-refractivity contribution >= 4 is 69.7 Å². The quantitative estimate of drug-likeness (QED) is 0.389. The van der Waals surface area contributed by atoms with Crippen LogP contribution in [0.3, 0.4) is 0 Å². The highest BCUT2D eigenvalue weighted by atomic mass is 35.6. The summed E-state index contributed by atoms with van der Waals surface area (Å²) < 4.78 is 10.3. The number of carbonyl (C=O) groups excluding carboxylic acids is 2. The molecule has 0 radical (unpaired) electrons. The minimum Gasteiger partial charge on any atom is -0.545 e. The van der Waals surface area contributed by atoms with Gasteiger partial charge in [0.2, 0.25) is 3.79 Å². The van der Waals surface area contributed by atoms with Crippen LogP contribution in [-0.4, -0.2) is 33.6 Å². The summed E-state index contributed by atoms with van der Waals surface area (Å²) in [5, 5.41) is 17.9. The highest BCUT2D eigenvalue weighted by Gasteiger charge is 2.34. The number of alkyl halides is 4. The van der Waals surface area contributed by atoms with Gasteiger partial charge >= 0.3 is 0 Å². The van der Waals surface area contributed by atoms with Gasteiger partial charge in [-0.1, -0.05) is 46.9 Å². The van der Waals surface area contributed by atoms with Crippen LogP contribution in [0, 0.1) is 0 Å². The zero-order chi connectivity index (χ0) is 17.6. The molecule has 0 saturated heterocycles. The number of anilines is 1. The summed E-state index contributed by atoms with van der Waals surface area (Å²) in [6, 6.07) is 5.47. The summed E-state index contributed by atoms with van der Waals surface area (Å²) >= 11 is 22.0. The molecule has 0 aromatic heterocycles. The van der Waals surface area contributed by atoms with Crippen molar-refractivity contribution in [2.24, 2.45) is 0 Å². The predicted octanol–water partition coefficient (Wildman–Crippen LogP) is 1.12. The van der Waals surface area contributed by atoms with E-state index in [1.165, 1.54) is 24.3 Å². The molecule has 0 saturated carbocycles. The number of carbonyl (C=O) groups is 2. The maximum Gasteiger partial charge on any atom is 0.253 e. The average Bonchev–Trinajstić information content (AvgIpc) is 2.45. The number of nitrogens with one attached hydrogen (secondary N) is 3. The van der Waals surface area contributed by atoms with Crippen LogP contribution in [0.15, 0.2) is 24.3 Å². The molecule has 6 nitrogen and oxygen atoms in total. The van der Waals surface area contributed by atoms with E-state index < -0.39 is 28.5 Å². The molecule has 0 aliphatic rings. The second-order valence-corrected chi connectivity index (χ2v) is 6.92. The van der Waals surface area contributed by atoms with Gasteiger partial charge in [0, 0.05) is 5.69 Å². The standard InChI is InChI=1S/C12H11Cl3FN3O3S/c13-12(14,15)10(18-8(20)5-16)19-11(23)17-7-3-1-6(2-4-7)9(21)22/h1-4,10H,5H2,(H,18,20)(H,21,22)(H2,17,19,23)/p-1/t10-/m1/s1. The number of thiocarbonyl (C=S) groups is 1. The van der Waals surface area contributed by atoms with Crippen LogP contribution < -0.4 is 21.1 Å². The first kappa shape index (κ1) is 19.7. The van der Waals surface area contributed by atoms with Gasteiger partial charge in [-0.2, -0.15) is 0 Å². The number of carboxylic acid groups (broad SMARTS) is 1. The molecule has 1 amide bonds. The summed E-state index contributed by atoms with van der Waals surface area (Å²) in [5.41, 5.74) is 0.427. The fourth-order valence-corrected chi connectivity index (χ4v) is 1.95. The summed E-state index contributed by atoms with van der Waals surface area (Å²) in [5.74, 6) is -2.31. The Kier molecular flexibility index (Phi) is 7.27. The summed E-state index contributed by atoms with van der Waals surface area (Å²) in [6.07, 6.45) is -1.28. The van der Waals surface area contributed by atoms with Crippen LogP contribution in [0.4, 0.5) is 10.1 Å². The van der Waals surface area contributed by atoms with Gasteiger partial charge in [0.1, 0.15) is 6.17 Å². The first-order valence-electron chi connectivity index (χ1n) is 5.94. The maximum absolute atomic E-state index is 12.3. The van der Waals surface area contributed by atoms with Gasteiger partial charge in [-0.15, -0.1) is 0 Å². The molecule has 3 N–H and O–H groups in total. The number of benzene rings is 1. The molecule has 0 aliphatic heterocycles. The Morgan fingerprint density at radius 1 is 1.22 bits per heavy atom. The summed E-state index contributed by atoms with van der Waals surface area (Å²) in [4.78, 5) is 21.7. The molecule has 1 aromatic carbocycles. The lowest BCUT2D eigenvalue weighted by molar-refractivity contribution is -0.255. The van der Waals surface area contributed by atoms with E-state index in [1.807, 2.05) is 0 Å². The number of amides is 1. The highest BCUT2D eigenvalue weighted by Crippen LogP contribution is 2.29. The molecule has 0 aliphatic carbocycles. The zero-order valence-corrected chi connectivity index (χ0v) is 14.3. The average molecular weight is 402 g/mol. The Morgan fingerprint density at radius 2 is 1.78 bits per heavy atom. The number of hydrogen-bond acceptors (Lipinski definition) is 4. The summed E-state index contributed by atoms with van der Waals surface area (Å²) in [6.45, 7) is -1.29. The van der Waals surface area contributed by atoms with E-state index in [4.69, 9.17) is 47.0 Å². The third kappa shape index (κ3) is 6.74. The van der Waals surface area contributed by atoms with Crippen molar-refractivity contribution < 1.29 is 19.1 Å². The molecule has 1 rings (SSSR count). The molecule has 23 heavy (non-hydrogen) atoms. The smallest absolute Gasteiger partial charge is 0.253 e. The van der Waals surface area contributed by atoms with Crippen LogP contribution >= 0.6 is 47.0 Å². The third-order valence-corrected chi connectivity index (χ3v) is 3.28. The number of aromatic carboxylic acids is 1. The Hall–Kier alpha value is -1.35. The van der Waals surface area contributed by atoms with Crippen LogP contribution in [0.1, 0.15) is 10.4 Å². The number of carboxylic acids is 1. The largest absolute Gasteiger partial charge is 0.545 e. The van der Waals surface area contributed by atoms with E-state index in [9.17, 15) is 19.1 Å². The van der Waals surface area contributed by atoms with E-state index in [1.54, 1.807) is 0 Å². The Morgan fingerprint density at radius 3 is 2.22 bits per heavy atom. The van der Waals surface area contributed by atoms with Gasteiger partial charge in [0.15, 0.2) is 11.8 Å². The van der Waals surface area contributed by atoms with Crippen LogP contribution in [0.2, 0.25) is 0 Å². The van der Waals surface area contributed by atoms with Gasteiger partial charge in [-0.3, -0.25) is 4.79 Å². The second-order valence-electron chi connectivity index (χ2n) is 4.14. The molecular formula is C12H10Cl3FN3O3S-. The Labute approximate surface area is 151 Å². The van der Waals surface area contributed by atoms with Crippen LogP contribution in [0.25, 0.3) is 0 Å². The van der Waals surface area contributed by atoms with E-state index in [0.29, 0.717) is 5.69 Å². The van der Waals surface area contributed by atoms with E-state index in [0.717, 1.165) is 0 Å². The van der Waals surface area contributed by atoms with Gasteiger partial charge < -0.3 is 25.9 Å². The van der Waals surface area contributed by atoms with Crippen molar-refractivity contribution in [3.63, 3.8) is 0 Å². The van der Waals surface area contributed by atoms with Crippen molar-refractivity contribution in [1.29, 1.82) is 0 Å². The van der Waals surface area contributed by atoms with Crippen molar-refractivity contribution in [2.45, 2.75) is 9.96 Å². The molecule has 0 fully saturated rings. The number of halogens is 4. The fraction of sp³-hybridized carbons (Fsp3) is 0.250. The molecule has 1 aromatic rings. The molecule has 0 unspecified atom stereocenters. The lowest BCUT2D eigenvalue weighted by Crippen LogP contribution is -2.56. The minimum absolute atomic E-state index is 0.0104. The third-order valence-electron chi connectivity index (χ3n) is 2.41. The molecule has 126 valence electrons. The zero-order valence-electron chi connectivity index (χ0n) is 11.2. The Bertz CT molecular complexity index is 595. The van der Waals surface area contributed by atoms with Gasteiger partial charge in [-0.05, 0) is 29.9 Å². The minimum atomic E-state index is -1.99. The van der Waals surface area contributed by atoms with E-state index in [-0.39, 0.29) is 10.7 Å². The molecule has 1 atom stereocenters. The van der Waals surface area contributed by atoms with Crippen LogP contribution in [-0.2, 0) is 4.79 Å². The first-order valence-corrected chi connectivity index (χ1v) is 7.48. The fourth-order valence-electron chi connectivity index (χ4n) is 1.39. The van der Waals surface area contributed by atoms with Gasteiger partial charge in [0.25, 0.3) is 5.91 Å². The van der Waals surface area contributed by atoms with Crippen LogP contribution in [0.5, 0.6) is 0 Å². The molecule has 0 heterocycles. The predicted molar refractivity (Wildman–Crippen MR) is 88.3 cm³/mol. The van der Waals surface area contributed by atoms with Gasteiger partial charge in [0.05, 0.1) is 5.97 Å². The monoisotopic (exact) mass is 400 g/mol. The van der Waals surface area contributed by atoms with E-state index >= 15 is 0 Å². The molecular weight excluding hydrogens is 392 g/mol. The summed E-state index contributed by atoms with van der Waals surface area (Å²) in [7, 11) is 0. The maximum atomic E-state index is 12.3.